The molecule has 0 bridgehead atoms. The average Bonchev–Trinajstić information content (AvgIpc) is 2.19. The van der Waals surface area contributed by atoms with Gasteiger partial charge in [0.25, 0.3) is 5.69 Å². The molecule has 1 aromatic carbocycles. The SMILES string of the molecule is CC1Cc2ccc([N+](=O)[O-])cc2NC1=O. The van der Waals surface area contributed by atoms with E-state index in [4.69, 9.17) is 0 Å². The normalized spacial score (nSPS) is 19.3. The van der Waals surface area contributed by atoms with Gasteiger partial charge in [0.1, 0.15) is 0 Å². The van der Waals surface area contributed by atoms with Crippen LogP contribution < -0.4 is 5.32 Å². The molecule has 78 valence electrons. The fourth-order valence-corrected chi connectivity index (χ4v) is 1.65. The molecule has 0 saturated carbocycles. The number of carbonyl (C=O) groups excluding carboxylic acids is 1. The monoisotopic (exact) mass is 206 g/mol. The van der Waals surface area contributed by atoms with Crippen LogP contribution >= 0.6 is 0 Å². The highest BCUT2D eigenvalue weighted by atomic mass is 16.6. The highest BCUT2D eigenvalue weighted by molar-refractivity contribution is 5.95. The molecular weight excluding hydrogens is 196 g/mol. The van der Waals surface area contributed by atoms with E-state index < -0.39 is 4.92 Å². The minimum atomic E-state index is -0.468. The molecule has 1 atom stereocenters. The summed E-state index contributed by atoms with van der Waals surface area (Å²) in [6.07, 6.45) is 0.638. The summed E-state index contributed by atoms with van der Waals surface area (Å²) in [7, 11) is 0. The minimum absolute atomic E-state index is 0.00334. The van der Waals surface area contributed by atoms with Crippen LogP contribution in [0, 0.1) is 16.0 Å². The van der Waals surface area contributed by atoms with E-state index >= 15 is 0 Å². The maximum atomic E-state index is 11.4. The number of rotatable bonds is 1. The number of carbonyl (C=O) groups is 1. The number of nitro benzene ring substituents is 1. The zero-order valence-electron chi connectivity index (χ0n) is 8.19. The van der Waals surface area contributed by atoms with Crippen LogP contribution in [0.1, 0.15) is 12.5 Å². The van der Waals surface area contributed by atoms with Gasteiger partial charge in [-0.25, -0.2) is 0 Å². The minimum Gasteiger partial charge on any atom is -0.325 e. The molecule has 1 aliphatic rings. The molecular formula is C10H10N2O3. The van der Waals surface area contributed by atoms with Gasteiger partial charge in [-0.3, -0.25) is 14.9 Å². The number of nitro groups is 1. The van der Waals surface area contributed by atoms with Crippen molar-refractivity contribution in [3.8, 4) is 0 Å². The van der Waals surface area contributed by atoms with Gasteiger partial charge < -0.3 is 5.32 Å². The van der Waals surface area contributed by atoms with Gasteiger partial charge in [0.05, 0.1) is 10.6 Å². The molecule has 0 aromatic heterocycles. The number of nitrogens with zero attached hydrogens (tertiary/aromatic N) is 1. The Balaban J connectivity index is 2.41. The van der Waals surface area contributed by atoms with Crippen molar-refractivity contribution in [1.29, 1.82) is 0 Å². The summed E-state index contributed by atoms with van der Waals surface area (Å²) in [5.74, 6) is -0.151. The van der Waals surface area contributed by atoms with E-state index in [1.165, 1.54) is 12.1 Å². The lowest BCUT2D eigenvalue weighted by Gasteiger charge is -2.21. The highest BCUT2D eigenvalue weighted by Crippen LogP contribution is 2.28. The van der Waals surface area contributed by atoms with Gasteiger partial charge in [-0.1, -0.05) is 13.0 Å². The Hall–Kier alpha value is -1.91. The van der Waals surface area contributed by atoms with Crippen LogP contribution in [0.15, 0.2) is 18.2 Å². The van der Waals surface area contributed by atoms with Gasteiger partial charge >= 0.3 is 0 Å². The van der Waals surface area contributed by atoms with Crippen LogP contribution in [0.4, 0.5) is 11.4 Å². The molecule has 5 nitrogen and oxygen atoms in total. The molecule has 0 saturated heterocycles. The lowest BCUT2D eigenvalue weighted by molar-refractivity contribution is -0.384. The number of amides is 1. The lowest BCUT2D eigenvalue weighted by Crippen LogP contribution is -2.27. The molecule has 0 aliphatic carbocycles. The predicted molar refractivity (Wildman–Crippen MR) is 54.6 cm³/mol. The molecule has 1 aliphatic heterocycles. The van der Waals surface area contributed by atoms with Gasteiger partial charge in [0.15, 0.2) is 0 Å². The predicted octanol–water partition coefficient (Wildman–Crippen LogP) is 1.73. The number of benzene rings is 1. The summed E-state index contributed by atoms with van der Waals surface area (Å²) in [4.78, 5) is 21.4. The average molecular weight is 206 g/mol. The van der Waals surface area contributed by atoms with Gasteiger partial charge in [-0.05, 0) is 12.0 Å². The van der Waals surface area contributed by atoms with Crippen molar-refractivity contribution in [3.05, 3.63) is 33.9 Å². The molecule has 1 unspecified atom stereocenters. The number of nitrogens with one attached hydrogen (secondary N) is 1. The van der Waals surface area contributed by atoms with E-state index in [1.54, 1.807) is 6.07 Å². The standard InChI is InChI=1S/C10H10N2O3/c1-6-4-7-2-3-8(12(14)15)5-9(7)11-10(6)13/h2-3,5-6H,4H2,1H3,(H,11,13). The van der Waals surface area contributed by atoms with E-state index in [9.17, 15) is 14.9 Å². The first-order valence-electron chi connectivity index (χ1n) is 4.66. The smallest absolute Gasteiger partial charge is 0.271 e. The molecule has 0 spiro atoms. The van der Waals surface area contributed by atoms with Gasteiger partial charge in [0, 0.05) is 18.1 Å². The van der Waals surface area contributed by atoms with Crippen LogP contribution in [-0.2, 0) is 11.2 Å². The third-order valence-corrected chi connectivity index (χ3v) is 2.54. The molecule has 2 rings (SSSR count). The maximum absolute atomic E-state index is 11.4. The van der Waals surface area contributed by atoms with Crippen molar-refractivity contribution < 1.29 is 9.72 Å². The van der Waals surface area contributed by atoms with Crippen LogP contribution in [0.3, 0.4) is 0 Å². The largest absolute Gasteiger partial charge is 0.325 e. The van der Waals surface area contributed by atoms with Gasteiger partial charge in [-0.2, -0.15) is 0 Å². The number of hydrogen-bond donors (Lipinski definition) is 1. The van der Waals surface area contributed by atoms with Crippen LogP contribution in [0.5, 0.6) is 0 Å². The first-order chi connectivity index (χ1) is 7.08. The molecule has 15 heavy (non-hydrogen) atoms. The Bertz CT molecular complexity index is 442. The molecule has 1 amide bonds. The summed E-state index contributed by atoms with van der Waals surface area (Å²) in [6, 6.07) is 4.56. The Kier molecular flexibility index (Phi) is 2.15. The first kappa shape index (κ1) is 9.64. The number of anilines is 1. The molecule has 0 fully saturated rings. The quantitative estimate of drug-likeness (QED) is 0.561. The second-order valence-electron chi connectivity index (χ2n) is 3.69. The van der Waals surface area contributed by atoms with Gasteiger partial charge in [-0.15, -0.1) is 0 Å². The highest BCUT2D eigenvalue weighted by Gasteiger charge is 2.23. The maximum Gasteiger partial charge on any atom is 0.271 e. The molecule has 5 heteroatoms. The Morgan fingerprint density at radius 1 is 1.53 bits per heavy atom. The second-order valence-corrected chi connectivity index (χ2v) is 3.69. The van der Waals surface area contributed by atoms with Crippen molar-refractivity contribution in [2.45, 2.75) is 13.3 Å². The van der Waals surface area contributed by atoms with E-state index in [2.05, 4.69) is 5.32 Å². The van der Waals surface area contributed by atoms with E-state index in [-0.39, 0.29) is 17.5 Å². The fourth-order valence-electron chi connectivity index (χ4n) is 1.65. The number of hydrogen-bond acceptors (Lipinski definition) is 3. The lowest BCUT2D eigenvalue weighted by atomic mass is 9.94. The number of non-ortho nitro benzene ring substituents is 1. The third-order valence-electron chi connectivity index (χ3n) is 2.54. The Labute approximate surface area is 86.2 Å². The van der Waals surface area contributed by atoms with E-state index in [0.717, 1.165) is 5.56 Å². The van der Waals surface area contributed by atoms with Crippen molar-refractivity contribution in [1.82, 2.24) is 0 Å². The molecule has 1 heterocycles. The van der Waals surface area contributed by atoms with Crippen molar-refractivity contribution in [2.75, 3.05) is 5.32 Å². The third kappa shape index (κ3) is 1.68. The van der Waals surface area contributed by atoms with Gasteiger partial charge in [0.2, 0.25) is 5.91 Å². The topological polar surface area (TPSA) is 72.2 Å². The van der Waals surface area contributed by atoms with Crippen molar-refractivity contribution in [3.63, 3.8) is 0 Å². The Morgan fingerprint density at radius 3 is 2.93 bits per heavy atom. The zero-order chi connectivity index (χ0) is 11.0. The summed E-state index contributed by atoms with van der Waals surface area (Å²) in [5, 5.41) is 13.2. The van der Waals surface area contributed by atoms with Crippen molar-refractivity contribution in [2.24, 2.45) is 5.92 Å². The summed E-state index contributed by atoms with van der Waals surface area (Å²) in [6.45, 7) is 1.83. The molecule has 1 N–H and O–H groups in total. The van der Waals surface area contributed by atoms with Crippen LogP contribution in [0.2, 0.25) is 0 Å². The van der Waals surface area contributed by atoms with Crippen LogP contribution in [-0.4, -0.2) is 10.8 Å². The molecule has 1 aromatic rings. The summed E-state index contributed by atoms with van der Waals surface area (Å²) < 4.78 is 0. The summed E-state index contributed by atoms with van der Waals surface area (Å²) in [5.41, 5.74) is 1.52. The van der Waals surface area contributed by atoms with E-state index in [1.807, 2.05) is 6.92 Å². The number of fused-ring (bicyclic) bond motifs is 1. The summed E-state index contributed by atoms with van der Waals surface area (Å²) >= 11 is 0. The first-order valence-corrected chi connectivity index (χ1v) is 4.66. The Morgan fingerprint density at radius 2 is 2.27 bits per heavy atom. The fraction of sp³-hybridized carbons (Fsp3) is 0.300. The zero-order valence-corrected chi connectivity index (χ0v) is 8.19. The van der Waals surface area contributed by atoms with Crippen molar-refractivity contribution >= 4 is 17.3 Å². The molecule has 0 radical (unpaired) electrons. The van der Waals surface area contributed by atoms with Crippen LogP contribution in [0.25, 0.3) is 0 Å². The second kappa shape index (κ2) is 3.34. The van der Waals surface area contributed by atoms with E-state index in [0.29, 0.717) is 12.1 Å².